The van der Waals surface area contributed by atoms with Gasteiger partial charge in [0.1, 0.15) is 11.5 Å². The standard InChI is InChI=1S/C20H16N4O7/c1-13-5-7-19(17(9-13)24(28)29)30-12-20(25)22-21-11-16-6-8-18(31-16)14-3-2-4-15(10-14)23(26)27/h2-11H,12H2,1H3,(H,22,25)/b21-11-. The summed E-state index contributed by atoms with van der Waals surface area (Å²) in [5.41, 5.74) is 3.13. The van der Waals surface area contributed by atoms with E-state index in [0.717, 1.165) is 0 Å². The number of nitro benzene ring substituents is 2. The third-order valence-corrected chi connectivity index (χ3v) is 4.02. The molecule has 0 radical (unpaired) electrons. The Balaban J connectivity index is 1.57. The number of hydrazone groups is 1. The zero-order valence-electron chi connectivity index (χ0n) is 16.2. The van der Waals surface area contributed by atoms with Gasteiger partial charge in [-0.25, -0.2) is 5.43 Å². The van der Waals surface area contributed by atoms with E-state index in [4.69, 9.17) is 9.15 Å². The number of amides is 1. The lowest BCUT2D eigenvalue weighted by Gasteiger charge is -2.06. The number of nitro groups is 2. The van der Waals surface area contributed by atoms with Gasteiger partial charge in [-0.3, -0.25) is 25.0 Å². The third-order valence-electron chi connectivity index (χ3n) is 4.02. The van der Waals surface area contributed by atoms with Crippen LogP contribution in [0.15, 0.2) is 64.1 Å². The maximum absolute atomic E-state index is 11.9. The number of hydrogen-bond donors (Lipinski definition) is 1. The highest BCUT2D eigenvalue weighted by molar-refractivity contribution is 5.81. The Kier molecular flexibility index (Phi) is 6.36. The lowest BCUT2D eigenvalue weighted by molar-refractivity contribution is -0.385. The second-order valence-corrected chi connectivity index (χ2v) is 6.32. The van der Waals surface area contributed by atoms with Gasteiger partial charge in [-0.2, -0.15) is 5.10 Å². The van der Waals surface area contributed by atoms with Gasteiger partial charge in [0.05, 0.1) is 16.1 Å². The lowest BCUT2D eigenvalue weighted by atomic mass is 10.1. The van der Waals surface area contributed by atoms with E-state index < -0.39 is 22.4 Å². The summed E-state index contributed by atoms with van der Waals surface area (Å²) in [6.45, 7) is 1.23. The molecule has 31 heavy (non-hydrogen) atoms. The van der Waals surface area contributed by atoms with E-state index in [9.17, 15) is 25.0 Å². The quantitative estimate of drug-likeness (QED) is 0.330. The minimum absolute atomic E-state index is 0.0256. The van der Waals surface area contributed by atoms with Crippen LogP contribution in [0.25, 0.3) is 11.3 Å². The van der Waals surface area contributed by atoms with Gasteiger partial charge in [0, 0.05) is 23.8 Å². The van der Waals surface area contributed by atoms with E-state index >= 15 is 0 Å². The van der Waals surface area contributed by atoms with Crippen molar-refractivity contribution in [2.45, 2.75) is 6.92 Å². The number of carbonyl (C=O) groups excluding carboxylic acids is 1. The average molecular weight is 424 g/mol. The van der Waals surface area contributed by atoms with E-state index in [-0.39, 0.29) is 17.1 Å². The molecule has 0 unspecified atom stereocenters. The van der Waals surface area contributed by atoms with Crippen LogP contribution in [0.3, 0.4) is 0 Å². The van der Waals surface area contributed by atoms with Gasteiger partial charge in [0.15, 0.2) is 12.4 Å². The number of non-ortho nitro benzene ring substituents is 1. The van der Waals surface area contributed by atoms with Crippen molar-refractivity contribution in [2.75, 3.05) is 6.61 Å². The minimum Gasteiger partial charge on any atom is -0.477 e. The highest BCUT2D eigenvalue weighted by Gasteiger charge is 2.16. The molecule has 0 fully saturated rings. The smallest absolute Gasteiger partial charge is 0.311 e. The van der Waals surface area contributed by atoms with Crippen LogP contribution in [0.5, 0.6) is 5.75 Å². The summed E-state index contributed by atoms with van der Waals surface area (Å²) >= 11 is 0. The Labute approximate surface area is 175 Å². The second kappa shape index (κ2) is 9.31. The molecule has 1 amide bonds. The number of rotatable bonds is 8. The molecule has 1 aromatic heterocycles. The van der Waals surface area contributed by atoms with Crippen molar-refractivity contribution in [3.63, 3.8) is 0 Å². The number of nitrogens with one attached hydrogen (secondary N) is 1. The molecule has 1 N–H and O–H groups in total. The molecule has 0 bridgehead atoms. The summed E-state index contributed by atoms with van der Waals surface area (Å²) in [5, 5.41) is 25.7. The van der Waals surface area contributed by atoms with Crippen molar-refractivity contribution in [3.8, 4) is 17.1 Å². The Hall–Kier alpha value is -4.54. The van der Waals surface area contributed by atoms with Gasteiger partial charge >= 0.3 is 5.69 Å². The Morgan fingerprint density at radius 2 is 1.94 bits per heavy atom. The molecule has 0 atom stereocenters. The van der Waals surface area contributed by atoms with Gasteiger partial charge in [-0.1, -0.05) is 18.2 Å². The van der Waals surface area contributed by atoms with E-state index in [1.54, 1.807) is 37.3 Å². The summed E-state index contributed by atoms with van der Waals surface area (Å²) in [7, 11) is 0. The van der Waals surface area contributed by atoms with E-state index in [2.05, 4.69) is 10.5 Å². The summed E-state index contributed by atoms with van der Waals surface area (Å²) < 4.78 is 10.7. The summed E-state index contributed by atoms with van der Waals surface area (Å²) in [6.07, 6.45) is 1.24. The molecule has 0 aliphatic heterocycles. The van der Waals surface area contributed by atoms with Crippen LogP contribution in [0.4, 0.5) is 11.4 Å². The minimum atomic E-state index is -0.628. The zero-order chi connectivity index (χ0) is 22.4. The number of carbonyl (C=O) groups is 1. The van der Waals surface area contributed by atoms with Crippen LogP contribution in [-0.2, 0) is 4.79 Å². The maximum Gasteiger partial charge on any atom is 0.311 e. The molecule has 0 saturated heterocycles. The van der Waals surface area contributed by atoms with Gasteiger partial charge in [-0.05, 0) is 30.7 Å². The topological polar surface area (TPSA) is 150 Å². The normalized spacial score (nSPS) is 10.7. The molecule has 1 heterocycles. The van der Waals surface area contributed by atoms with Gasteiger partial charge in [-0.15, -0.1) is 0 Å². The summed E-state index contributed by atoms with van der Waals surface area (Å²) in [4.78, 5) is 32.7. The van der Waals surface area contributed by atoms with Crippen LogP contribution in [-0.4, -0.2) is 28.6 Å². The predicted molar refractivity (Wildman–Crippen MR) is 110 cm³/mol. The van der Waals surface area contributed by atoms with E-state index in [1.807, 2.05) is 0 Å². The molecule has 158 valence electrons. The van der Waals surface area contributed by atoms with Crippen LogP contribution < -0.4 is 10.2 Å². The van der Waals surface area contributed by atoms with Crippen LogP contribution in [0.1, 0.15) is 11.3 Å². The van der Waals surface area contributed by atoms with Crippen molar-refractivity contribution in [1.82, 2.24) is 5.43 Å². The van der Waals surface area contributed by atoms with Crippen molar-refractivity contribution >= 4 is 23.5 Å². The van der Waals surface area contributed by atoms with Crippen molar-refractivity contribution in [1.29, 1.82) is 0 Å². The van der Waals surface area contributed by atoms with Crippen molar-refractivity contribution in [2.24, 2.45) is 5.10 Å². The fourth-order valence-corrected chi connectivity index (χ4v) is 2.59. The first-order valence-electron chi connectivity index (χ1n) is 8.88. The maximum atomic E-state index is 11.9. The molecule has 11 heteroatoms. The average Bonchev–Trinajstić information content (AvgIpc) is 3.21. The number of nitrogens with zero attached hydrogens (tertiary/aromatic N) is 3. The molecular formula is C20H16N4O7. The molecule has 3 aromatic rings. The van der Waals surface area contributed by atoms with Gasteiger partial charge in [0.2, 0.25) is 0 Å². The first-order chi connectivity index (χ1) is 14.8. The van der Waals surface area contributed by atoms with Gasteiger partial charge < -0.3 is 9.15 Å². The SMILES string of the molecule is Cc1ccc(OCC(=O)N/N=C\c2ccc(-c3cccc([N+](=O)[O-])c3)o2)c([N+](=O)[O-])c1. The molecule has 0 aliphatic carbocycles. The molecule has 0 spiro atoms. The van der Waals surface area contributed by atoms with Crippen LogP contribution >= 0.6 is 0 Å². The number of furan rings is 1. The van der Waals surface area contributed by atoms with Crippen molar-refractivity contribution in [3.05, 3.63) is 86.1 Å². The highest BCUT2D eigenvalue weighted by atomic mass is 16.6. The lowest BCUT2D eigenvalue weighted by Crippen LogP contribution is -2.24. The summed E-state index contributed by atoms with van der Waals surface area (Å²) in [6, 6.07) is 13.6. The highest BCUT2D eigenvalue weighted by Crippen LogP contribution is 2.27. The number of benzene rings is 2. The fourth-order valence-electron chi connectivity index (χ4n) is 2.59. The molecular weight excluding hydrogens is 408 g/mol. The Morgan fingerprint density at radius 1 is 1.13 bits per heavy atom. The Morgan fingerprint density at radius 3 is 2.68 bits per heavy atom. The number of hydrogen-bond acceptors (Lipinski definition) is 8. The Bertz CT molecular complexity index is 1170. The molecule has 0 saturated carbocycles. The molecule has 2 aromatic carbocycles. The first-order valence-corrected chi connectivity index (χ1v) is 8.88. The predicted octanol–water partition coefficient (Wildman–Crippen LogP) is 3.60. The molecule has 11 nitrogen and oxygen atoms in total. The fraction of sp³-hybridized carbons (Fsp3) is 0.100. The van der Waals surface area contributed by atoms with Crippen molar-refractivity contribution < 1.29 is 23.8 Å². The largest absolute Gasteiger partial charge is 0.477 e. The van der Waals surface area contributed by atoms with E-state index in [1.165, 1.54) is 30.5 Å². The van der Waals surface area contributed by atoms with Gasteiger partial charge in [0.25, 0.3) is 11.6 Å². The monoisotopic (exact) mass is 424 g/mol. The van der Waals surface area contributed by atoms with Crippen LogP contribution in [0.2, 0.25) is 0 Å². The number of aryl methyl sites for hydroxylation is 1. The number of ether oxygens (including phenoxy) is 1. The second-order valence-electron chi connectivity index (χ2n) is 6.32. The first kappa shape index (κ1) is 21.2. The molecule has 3 rings (SSSR count). The summed E-state index contributed by atoms with van der Waals surface area (Å²) in [5.74, 6) is 0.0438. The zero-order valence-corrected chi connectivity index (χ0v) is 16.2. The molecule has 0 aliphatic rings. The van der Waals surface area contributed by atoms with E-state index in [0.29, 0.717) is 22.6 Å². The van der Waals surface area contributed by atoms with Crippen LogP contribution in [0, 0.1) is 27.2 Å². The third kappa shape index (κ3) is 5.50.